The van der Waals surface area contributed by atoms with Gasteiger partial charge in [0.2, 0.25) is 0 Å². The molecule has 0 aliphatic carbocycles. The highest BCUT2D eigenvalue weighted by Gasteiger charge is 2.30. The van der Waals surface area contributed by atoms with Crippen molar-refractivity contribution in [3.63, 3.8) is 0 Å². The lowest BCUT2D eigenvalue weighted by molar-refractivity contribution is -0.137. The van der Waals surface area contributed by atoms with Crippen LogP contribution in [0.15, 0.2) is 29.8 Å². The maximum absolute atomic E-state index is 12.5. The van der Waals surface area contributed by atoms with Gasteiger partial charge in [-0.2, -0.15) is 13.2 Å². The molecule has 0 atom stereocenters. The molecule has 1 N–H and O–H groups in total. The summed E-state index contributed by atoms with van der Waals surface area (Å²) in [5.74, 6) is -0.516. The summed E-state index contributed by atoms with van der Waals surface area (Å²) in [6.07, 6.45) is -4.43. The molecule has 0 bridgehead atoms. The Kier molecular flexibility index (Phi) is 3.57. The van der Waals surface area contributed by atoms with Crippen molar-refractivity contribution >= 4 is 22.9 Å². The number of anilines is 1. The molecule has 0 radical (unpaired) electrons. The number of benzene rings is 1. The number of carbonyl (C=O) groups is 1. The SMILES string of the molecule is Cc1scnc1C(=O)Nc1cccc(C(F)(F)F)c1. The van der Waals surface area contributed by atoms with Crippen LogP contribution in [0.3, 0.4) is 0 Å². The highest BCUT2D eigenvalue weighted by molar-refractivity contribution is 7.09. The molecule has 0 saturated heterocycles. The van der Waals surface area contributed by atoms with E-state index in [-0.39, 0.29) is 11.4 Å². The van der Waals surface area contributed by atoms with Crippen LogP contribution in [0, 0.1) is 6.92 Å². The van der Waals surface area contributed by atoms with Gasteiger partial charge in [0.25, 0.3) is 5.91 Å². The van der Waals surface area contributed by atoms with E-state index >= 15 is 0 Å². The first-order chi connectivity index (χ1) is 8.88. The molecule has 0 aliphatic rings. The number of thiazole rings is 1. The minimum atomic E-state index is -4.43. The van der Waals surface area contributed by atoms with Crippen molar-refractivity contribution in [2.75, 3.05) is 5.32 Å². The Bertz CT molecular complexity index is 607. The smallest absolute Gasteiger partial charge is 0.321 e. The molecule has 3 nitrogen and oxygen atoms in total. The van der Waals surface area contributed by atoms with E-state index in [4.69, 9.17) is 0 Å². The van der Waals surface area contributed by atoms with Gasteiger partial charge in [-0.15, -0.1) is 11.3 Å². The van der Waals surface area contributed by atoms with Crippen LogP contribution in [0.4, 0.5) is 18.9 Å². The Morgan fingerprint density at radius 3 is 2.68 bits per heavy atom. The van der Waals surface area contributed by atoms with Gasteiger partial charge in [0.15, 0.2) is 0 Å². The Balaban J connectivity index is 2.21. The molecule has 2 rings (SSSR count). The predicted molar refractivity (Wildman–Crippen MR) is 66.2 cm³/mol. The lowest BCUT2D eigenvalue weighted by Gasteiger charge is -2.09. The van der Waals surface area contributed by atoms with Crippen LogP contribution in [0.2, 0.25) is 0 Å². The van der Waals surface area contributed by atoms with Crippen molar-refractivity contribution in [2.24, 2.45) is 0 Å². The number of hydrogen-bond donors (Lipinski definition) is 1. The Hall–Kier alpha value is -1.89. The first kappa shape index (κ1) is 13.5. The van der Waals surface area contributed by atoms with Gasteiger partial charge in [-0.05, 0) is 25.1 Å². The zero-order valence-electron chi connectivity index (χ0n) is 9.78. The maximum Gasteiger partial charge on any atom is 0.416 e. The van der Waals surface area contributed by atoms with Gasteiger partial charge in [0, 0.05) is 10.6 Å². The third-order valence-electron chi connectivity index (χ3n) is 2.41. The molecule has 100 valence electrons. The number of aromatic nitrogens is 1. The highest BCUT2D eigenvalue weighted by Crippen LogP contribution is 2.30. The standard InChI is InChI=1S/C12H9F3N2OS/c1-7-10(16-6-19-7)11(18)17-9-4-2-3-8(5-9)12(13,14)15/h2-6H,1H3,(H,17,18). The molecule has 0 saturated carbocycles. The number of aryl methyl sites for hydroxylation is 1. The van der Waals surface area contributed by atoms with Crippen LogP contribution in [-0.2, 0) is 6.18 Å². The van der Waals surface area contributed by atoms with E-state index in [0.717, 1.165) is 12.1 Å². The van der Waals surface area contributed by atoms with Crippen molar-refractivity contribution < 1.29 is 18.0 Å². The summed E-state index contributed by atoms with van der Waals surface area (Å²) in [6.45, 7) is 1.72. The molecule has 7 heteroatoms. The van der Waals surface area contributed by atoms with E-state index in [1.54, 1.807) is 6.92 Å². The summed E-state index contributed by atoms with van der Waals surface area (Å²) < 4.78 is 37.6. The lowest BCUT2D eigenvalue weighted by atomic mass is 10.2. The van der Waals surface area contributed by atoms with Crippen LogP contribution in [0.5, 0.6) is 0 Å². The molecular weight excluding hydrogens is 277 g/mol. The number of carbonyl (C=O) groups excluding carboxylic acids is 1. The van der Waals surface area contributed by atoms with E-state index < -0.39 is 17.6 Å². The number of alkyl halides is 3. The zero-order chi connectivity index (χ0) is 14.0. The van der Waals surface area contributed by atoms with Gasteiger partial charge in [0.1, 0.15) is 5.69 Å². The molecular formula is C12H9F3N2OS. The molecule has 1 aromatic heterocycles. The quantitative estimate of drug-likeness (QED) is 0.914. The largest absolute Gasteiger partial charge is 0.416 e. The fourth-order valence-corrected chi connectivity index (χ4v) is 2.06. The Morgan fingerprint density at radius 2 is 2.11 bits per heavy atom. The minimum absolute atomic E-state index is 0.0900. The van der Waals surface area contributed by atoms with Crippen LogP contribution in [0.25, 0.3) is 0 Å². The predicted octanol–water partition coefficient (Wildman–Crippen LogP) is 3.72. The molecule has 0 unspecified atom stereocenters. The molecule has 1 heterocycles. The maximum atomic E-state index is 12.5. The molecule has 1 amide bonds. The van der Waals surface area contributed by atoms with Gasteiger partial charge >= 0.3 is 6.18 Å². The number of nitrogens with one attached hydrogen (secondary N) is 1. The summed E-state index contributed by atoms with van der Waals surface area (Å²) in [5.41, 5.74) is 1.02. The van der Waals surface area contributed by atoms with Crippen LogP contribution >= 0.6 is 11.3 Å². The second kappa shape index (κ2) is 5.00. The molecule has 0 aliphatic heterocycles. The highest BCUT2D eigenvalue weighted by atomic mass is 32.1. The summed E-state index contributed by atoms with van der Waals surface area (Å²) in [6, 6.07) is 4.48. The second-order valence-electron chi connectivity index (χ2n) is 3.79. The van der Waals surface area contributed by atoms with Crippen molar-refractivity contribution in [3.8, 4) is 0 Å². The third-order valence-corrected chi connectivity index (χ3v) is 3.17. The molecule has 1 aromatic carbocycles. The second-order valence-corrected chi connectivity index (χ2v) is 4.85. The van der Waals surface area contributed by atoms with Crippen molar-refractivity contribution in [3.05, 3.63) is 45.9 Å². The summed E-state index contributed by atoms with van der Waals surface area (Å²) in [7, 11) is 0. The minimum Gasteiger partial charge on any atom is -0.321 e. The normalized spacial score (nSPS) is 11.4. The van der Waals surface area contributed by atoms with E-state index in [0.29, 0.717) is 4.88 Å². The fourth-order valence-electron chi connectivity index (χ4n) is 1.49. The number of amides is 1. The third kappa shape index (κ3) is 3.11. The fraction of sp³-hybridized carbons (Fsp3) is 0.167. The van der Waals surface area contributed by atoms with Crippen LogP contribution < -0.4 is 5.32 Å². The van der Waals surface area contributed by atoms with Crippen LogP contribution in [0.1, 0.15) is 20.9 Å². The number of rotatable bonds is 2. The first-order valence-corrected chi connectivity index (χ1v) is 6.14. The number of halogens is 3. The van der Waals surface area contributed by atoms with Gasteiger partial charge < -0.3 is 5.32 Å². The Morgan fingerprint density at radius 1 is 1.37 bits per heavy atom. The van der Waals surface area contributed by atoms with Gasteiger partial charge in [-0.1, -0.05) is 6.07 Å². The lowest BCUT2D eigenvalue weighted by Crippen LogP contribution is -2.14. The van der Waals surface area contributed by atoms with E-state index in [2.05, 4.69) is 10.3 Å². The summed E-state index contributed by atoms with van der Waals surface area (Å²) >= 11 is 1.30. The van der Waals surface area contributed by atoms with Crippen molar-refractivity contribution in [1.82, 2.24) is 4.98 Å². The topological polar surface area (TPSA) is 42.0 Å². The molecule has 19 heavy (non-hydrogen) atoms. The molecule has 2 aromatic rings. The average molecular weight is 286 g/mol. The zero-order valence-corrected chi connectivity index (χ0v) is 10.6. The van der Waals surface area contributed by atoms with Gasteiger partial charge in [-0.3, -0.25) is 4.79 Å². The first-order valence-electron chi connectivity index (χ1n) is 5.26. The van der Waals surface area contributed by atoms with E-state index in [1.165, 1.54) is 29.0 Å². The van der Waals surface area contributed by atoms with Crippen molar-refractivity contribution in [1.29, 1.82) is 0 Å². The monoisotopic (exact) mass is 286 g/mol. The van der Waals surface area contributed by atoms with E-state index in [9.17, 15) is 18.0 Å². The number of hydrogen-bond acceptors (Lipinski definition) is 3. The molecule has 0 fully saturated rings. The van der Waals surface area contributed by atoms with Crippen molar-refractivity contribution in [2.45, 2.75) is 13.1 Å². The molecule has 0 spiro atoms. The summed E-state index contributed by atoms with van der Waals surface area (Å²) in [5, 5.41) is 2.40. The summed E-state index contributed by atoms with van der Waals surface area (Å²) in [4.78, 5) is 16.4. The number of nitrogens with zero attached hydrogens (tertiary/aromatic N) is 1. The Labute approximate surface area is 111 Å². The van der Waals surface area contributed by atoms with Gasteiger partial charge in [0.05, 0.1) is 11.1 Å². The van der Waals surface area contributed by atoms with Gasteiger partial charge in [-0.25, -0.2) is 4.98 Å². The van der Waals surface area contributed by atoms with Crippen LogP contribution in [-0.4, -0.2) is 10.9 Å². The average Bonchev–Trinajstić information content (AvgIpc) is 2.75. The van der Waals surface area contributed by atoms with E-state index in [1.807, 2.05) is 0 Å².